The first-order valence-electron chi connectivity index (χ1n) is 9.10. The molecule has 0 saturated carbocycles. The normalized spacial score (nSPS) is 11.4. The van der Waals surface area contributed by atoms with Crippen LogP contribution in [-0.4, -0.2) is 41.9 Å². The molecule has 3 rings (SSSR count). The van der Waals surface area contributed by atoms with Gasteiger partial charge in [-0.2, -0.15) is 13.9 Å². The first kappa shape index (κ1) is 21.0. The maximum absolute atomic E-state index is 12.7. The van der Waals surface area contributed by atoms with Gasteiger partial charge in [-0.25, -0.2) is 4.98 Å². The summed E-state index contributed by atoms with van der Waals surface area (Å²) >= 11 is 0. The predicted octanol–water partition coefficient (Wildman–Crippen LogP) is 2.95. The molecule has 0 fully saturated rings. The van der Waals surface area contributed by atoms with Crippen molar-refractivity contribution in [1.29, 1.82) is 0 Å². The fourth-order valence-corrected chi connectivity index (χ4v) is 2.79. The highest BCUT2D eigenvalue weighted by molar-refractivity contribution is 5.79. The van der Waals surface area contributed by atoms with Gasteiger partial charge in [-0.1, -0.05) is 18.2 Å². The molecule has 0 saturated heterocycles. The highest BCUT2D eigenvalue weighted by Gasteiger charge is 2.12. The van der Waals surface area contributed by atoms with E-state index in [1.54, 1.807) is 19.2 Å². The Balaban J connectivity index is 1.62. The molecule has 0 unspecified atom stereocenters. The summed E-state index contributed by atoms with van der Waals surface area (Å²) in [6.45, 7) is -2.19. The van der Waals surface area contributed by atoms with Crippen molar-refractivity contribution >= 4 is 5.96 Å². The summed E-state index contributed by atoms with van der Waals surface area (Å²) in [4.78, 5) is 8.32. The van der Waals surface area contributed by atoms with Crippen molar-refractivity contribution in [1.82, 2.24) is 25.8 Å². The largest absolute Gasteiger partial charge is 0.497 e. The van der Waals surface area contributed by atoms with Gasteiger partial charge in [0.25, 0.3) is 0 Å². The van der Waals surface area contributed by atoms with Crippen LogP contribution in [0.25, 0.3) is 11.4 Å². The Morgan fingerprint density at radius 3 is 2.70 bits per heavy atom. The van der Waals surface area contributed by atoms with Gasteiger partial charge in [-0.05, 0) is 29.8 Å². The first-order valence-corrected chi connectivity index (χ1v) is 9.10. The Bertz CT molecular complexity index is 979. The minimum Gasteiger partial charge on any atom is -0.497 e. The van der Waals surface area contributed by atoms with Gasteiger partial charge < -0.3 is 20.1 Å². The van der Waals surface area contributed by atoms with Gasteiger partial charge >= 0.3 is 6.61 Å². The lowest BCUT2D eigenvalue weighted by atomic mass is 10.1. The molecular formula is C20H22F2N6O2. The topological polar surface area (TPSA) is 96.5 Å². The van der Waals surface area contributed by atoms with Gasteiger partial charge in [-0.3, -0.25) is 10.1 Å². The van der Waals surface area contributed by atoms with Crippen molar-refractivity contribution in [2.75, 3.05) is 14.2 Å². The van der Waals surface area contributed by atoms with Crippen molar-refractivity contribution in [2.24, 2.45) is 4.99 Å². The van der Waals surface area contributed by atoms with E-state index in [0.717, 1.165) is 11.1 Å². The quantitative estimate of drug-likeness (QED) is 0.386. The summed E-state index contributed by atoms with van der Waals surface area (Å²) in [5.74, 6) is 1.81. The first-order chi connectivity index (χ1) is 14.6. The minimum absolute atomic E-state index is 0.0773. The van der Waals surface area contributed by atoms with E-state index in [2.05, 4.69) is 35.5 Å². The highest BCUT2D eigenvalue weighted by atomic mass is 19.3. The molecule has 0 atom stereocenters. The Hall–Kier alpha value is -3.69. The number of methoxy groups -OCH3 is 1. The predicted molar refractivity (Wildman–Crippen MR) is 108 cm³/mol. The van der Waals surface area contributed by atoms with E-state index < -0.39 is 6.61 Å². The third-order valence-corrected chi connectivity index (χ3v) is 4.23. The molecule has 3 aromatic rings. The summed E-state index contributed by atoms with van der Waals surface area (Å²) < 4.78 is 35.1. The van der Waals surface area contributed by atoms with Crippen LogP contribution in [0.2, 0.25) is 0 Å². The molecule has 1 heterocycles. The molecule has 10 heteroatoms. The van der Waals surface area contributed by atoms with Gasteiger partial charge in [0.1, 0.15) is 17.8 Å². The van der Waals surface area contributed by atoms with Crippen LogP contribution in [0, 0.1) is 0 Å². The number of aromatic amines is 1. The Labute approximate surface area is 172 Å². The molecule has 30 heavy (non-hydrogen) atoms. The molecule has 0 amide bonds. The SMILES string of the molecule is CN=C(NCc1cccc(-c2ncn[nH]2)c1)NCc1cc(OC)ccc1OC(F)F. The van der Waals surface area contributed by atoms with E-state index in [9.17, 15) is 8.78 Å². The van der Waals surface area contributed by atoms with Crippen LogP contribution in [0.15, 0.2) is 53.8 Å². The van der Waals surface area contributed by atoms with Crippen molar-refractivity contribution in [3.05, 3.63) is 59.9 Å². The number of hydrogen-bond acceptors (Lipinski definition) is 5. The fraction of sp³-hybridized carbons (Fsp3) is 0.250. The molecule has 0 bridgehead atoms. The second-order valence-electron chi connectivity index (χ2n) is 6.17. The third kappa shape index (κ3) is 5.66. The maximum atomic E-state index is 12.7. The standard InChI is InChI=1S/C20H22F2N6O2/c1-23-20(24-10-13-4-3-5-14(8-13)18-26-12-27-28-18)25-11-15-9-16(29-2)6-7-17(15)30-19(21)22/h3-9,12,19H,10-11H2,1-2H3,(H2,23,24,25)(H,26,27,28). The van der Waals surface area contributed by atoms with Gasteiger partial charge in [0.2, 0.25) is 0 Å². The molecule has 0 aliphatic carbocycles. The van der Waals surface area contributed by atoms with Crippen molar-refractivity contribution in [3.8, 4) is 22.9 Å². The summed E-state index contributed by atoms with van der Waals surface area (Å²) in [6.07, 6.45) is 1.45. The number of aromatic nitrogens is 3. The van der Waals surface area contributed by atoms with Crippen LogP contribution in [-0.2, 0) is 13.1 Å². The molecule has 0 radical (unpaired) electrons. The number of alkyl halides is 2. The number of halogens is 2. The highest BCUT2D eigenvalue weighted by Crippen LogP contribution is 2.25. The third-order valence-electron chi connectivity index (χ3n) is 4.23. The molecule has 158 valence electrons. The average Bonchev–Trinajstić information content (AvgIpc) is 3.29. The molecular weight excluding hydrogens is 394 g/mol. The van der Waals surface area contributed by atoms with Crippen LogP contribution >= 0.6 is 0 Å². The second kappa shape index (κ2) is 10.2. The zero-order valence-electron chi connectivity index (χ0n) is 16.5. The van der Waals surface area contributed by atoms with Crippen molar-refractivity contribution < 1.29 is 18.3 Å². The number of rotatable bonds is 8. The van der Waals surface area contributed by atoms with Crippen LogP contribution in [0.5, 0.6) is 11.5 Å². The molecule has 0 aliphatic rings. The number of aliphatic imine (C=N–C) groups is 1. The monoisotopic (exact) mass is 416 g/mol. The summed E-state index contributed by atoms with van der Waals surface area (Å²) in [5, 5.41) is 13.0. The van der Waals surface area contributed by atoms with Crippen molar-refractivity contribution in [2.45, 2.75) is 19.7 Å². The summed E-state index contributed by atoms with van der Waals surface area (Å²) in [7, 11) is 3.13. The van der Waals surface area contributed by atoms with Crippen LogP contribution in [0.1, 0.15) is 11.1 Å². The minimum atomic E-state index is -2.91. The zero-order valence-corrected chi connectivity index (χ0v) is 16.5. The number of nitrogens with one attached hydrogen (secondary N) is 3. The van der Waals surface area contributed by atoms with Crippen LogP contribution in [0.4, 0.5) is 8.78 Å². The lowest BCUT2D eigenvalue weighted by molar-refractivity contribution is -0.0504. The number of guanidine groups is 1. The zero-order chi connectivity index (χ0) is 21.3. The maximum Gasteiger partial charge on any atom is 0.387 e. The van der Waals surface area contributed by atoms with Crippen molar-refractivity contribution in [3.63, 3.8) is 0 Å². The second-order valence-corrected chi connectivity index (χ2v) is 6.17. The Kier molecular flexibility index (Phi) is 7.14. The van der Waals surface area contributed by atoms with Crippen LogP contribution in [0.3, 0.4) is 0 Å². The summed E-state index contributed by atoms with van der Waals surface area (Å²) in [5.41, 5.74) is 2.44. The molecule has 0 spiro atoms. The van der Waals surface area contributed by atoms with E-state index in [1.807, 2.05) is 24.3 Å². The molecule has 8 nitrogen and oxygen atoms in total. The number of H-pyrrole nitrogens is 1. The van der Waals surface area contributed by atoms with E-state index in [-0.39, 0.29) is 12.3 Å². The van der Waals surface area contributed by atoms with E-state index in [1.165, 1.54) is 19.5 Å². The number of nitrogens with zero attached hydrogens (tertiary/aromatic N) is 3. The van der Waals surface area contributed by atoms with Crippen LogP contribution < -0.4 is 20.1 Å². The molecule has 2 aromatic carbocycles. The summed E-state index contributed by atoms with van der Waals surface area (Å²) in [6, 6.07) is 12.5. The Morgan fingerprint density at radius 2 is 2.00 bits per heavy atom. The van der Waals surface area contributed by atoms with Gasteiger partial charge in [0, 0.05) is 31.3 Å². The number of benzene rings is 2. The number of hydrogen-bond donors (Lipinski definition) is 3. The van der Waals surface area contributed by atoms with Gasteiger partial charge in [0.15, 0.2) is 11.8 Å². The molecule has 0 aliphatic heterocycles. The van der Waals surface area contributed by atoms with E-state index in [4.69, 9.17) is 4.74 Å². The van der Waals surface area contributed by atoms with Gasteiger partial charge in [-0.15, -0.1) is 0 Å². The van der Waals surface area contributed by atoms with E-state index in [0.29, 0.717) is 29.6 Å². The number of ether oxygens (including phenoxy) is 2. The molecule has 3 N–H and O–H groups in total. The Morgan fingerprint density at radius 1 is 1.17 bits per heavy atom. The smallest absolute Gasteiger partial charge is 0.387 e. The molecule has 1 aromatic heterocycles. The lowest BCUT2D eigenvalue weighted by Crippen LogP contribution is -2.36. The average molecular weight is 416 g/mol. The van der Waals surface area contributed by atoms with Gasteiger partial charge in [0.05, 0.1) is 7.11 Å². The fourth-order valence-electron chi connectivity index (χ4n) is 2.79. The lowest BCUT2D eigenvalue weighted by Gasteiger charge is -2.15. The van der Waals surface area contributed by atoms with E-state index >= 15 is 0 Å².